The lowest BCUT2D eigenvalue weighted by Gasteiger charge is -2.28. The van der Waals surface area contributed by atoms with Crippen LogP contribution in [0.25, 0.3) is 0 Å². The summed E-state index contributed by atoms with van der Waals surface area (Å²) in [5, 5.41) is 0. The molecule has 100 valence electrons. The Kier molecular flexibility index (Phi) is 3.64. The van der Waals surface area contributed by atoms with E-state index in [0.29, 0.717) is 0 Å². The van der Waals surface area contributed by atoms with Crippen molar-refractivity contribution in [2.75, 3.05) is 0 Å². The minimum absolute atomic E-state index is 0.110. The molecule has 2 aromatic rings. The van der Waals surface area contributed by atoms with E-state index < -0.39 is 0 Å². The summed E-state index contributed by atoms with van der Waals surface area (Å²) in [6.45, 7) is 0. The van der Waals surface area contributed by atoms with Gasteiger partial charge >= 0.3 is 5.97 Å². The molecule has 2 aromatic carbocycles. The second-order valence-corrected chi connectivity index (χ2v) is 4.96. The molecule has 1 unspecified atom stereocenters. The van der Waals surface area contributed by atoms with E-state index in [4.69, 9.17) is 4.74 Å². The monoisotopic (exact) mass is 264 g/mol. The van der Waals surface area contributed by atoms with Crippen LogP contribution in [-0.2, 0) is 22.4 Å². The molecule has 1 atom stereocenters. The van der Waals surface area contributed by atoms with E-state index in [-0.39, 0.29) is 11.9 Å². The minimum atomic E-state index is -0.117. The number of ether oxygens (including phenoxy) is 1. The molecule has 0 spiro atoms. The van der Waals surface area contributed by atoms with E-state index in [9.17, 15) is 4.79 Å². The number of hydrogen-bond donors (Lipinski definition) is 0. The quantitative estimate of drug-likeness (QED) is 0.790. The number of carbonyl (C=O) groups excluding carboxylic acids is 1. The number of benzene rings is 2. The van der Waals surface area contributed by atoms with Gasteiger partial charge in [-0.25, -0.2) is 0 Å². The lowest BCUT2D eigenvalue weighted by Crippen LogP contribution is -2.34. The summed E-state index contributed by atoms with van der Waals surface area (Å²) in [5.41, 5.74) is 2.39. The van der Waals surface area contributed by atoms with Crippen molar-refractivity contribution in [2.45, 2.75) is 12.8 Å². The highest BCUT2D eigenvalue weighted by molar-refractivity contribution is 5.83. The summed E-state index contributed by atoms with van der Waals surface area (Å²) in [7, 11) is 0. The molecule has 1 aliphatic rings. The molecule has 0 bridgehead atoms. The van der Waals surface area contributed by atoms with Gasteiger partial charge in [0.05, 0.1) is 0 Å². The van der Waals surface area contributed by atoms with Crippen LogP contribution in [0.1, 0.15) is 11.1 Å². The minimum Gasteiger partial charge on any atom is -0.430 e. The fraction of sp³-hybridized carbons (Fsp3) is 0.167. The van der Waals surface area contributed by atoms with Crippen molar-refractivity contribution in [3.63, 3.8) is 0 Å². The molecule has 0 saturated carbocycles. The third-order valence-electron chi connectivity index (χ3n) is 3.51. The fourth-order valence-electron chi connectivity index (χ4n) is 2.37. The summed E-state index contributed by atoms with van der Waals surface area (Å²) in [6, 6.07) is 20.2. The Bertz CT molecular complexity index is 614. The Morgan fingerprint density at radius 1 is 0.900 bits per heavy atom. The first-order valence-corrected chi connectivity index (χ1v) is 6.82. The average molecular weight is 264 g/mol. The largest absolute Gasteiger partial charge is 0.430 e. The van der Waals surface area contributed by atoms with Crippen LogP contribution in [-0.4, -0.2) is 5.97 Å². The zero-order chi connectivity index (χ0) is 13.8. The number of hydrogen-bond acceptors (Lipinski definition) is 2. The van der Waals surface area contributed by atoms with Crippen molar-refractivity contribution in [2.24, 2.45) is 5.92 Å². The van der Waals surface area contributed by atoms with E-state index in [0.717, 1.165) is 18.6 Å². The first-order chi connectivity index (χ1) is 9.83. The maximum absolute atomic E-state index is 11.6. The third-order valence-corrected chi connectivity index (χ3v) is 3.51. The molecule has 0 radical (unpaired) electrons. The van der Waals surface area contributed by atoms with Crippen molar-refractivity contribution in [3.05, 3.63) is 83.6 Å². The third kappa shape index (κ3) is 2.80. The van der Waals surface area contributed by atoms with Crippen LogP contribution < -0.4 is 0 Å². The molecule has 20 heavy (non-hydrogen) atoms. The summed E-state index contributed by atoms with van der Waals surface area (Å²) < 4.78 is 5.17. The van der Waals surface area contributed by atoms with Crippen molar-refractivity contribution in [1.29, 1.82) is 0 Å². The van der Waals surface area contributed by atoms with Gasteiger partial charge in [0.1, 0.15) is 11.7 Å². The van der Waals surface area contributed by atoms with Crippen LogP contribution >= 0.6 is 0 Å². The van der Waals surface area contributed by atoms with Gasteiger partial charge in [-0.1, -0.05) is 60.7 Å². The Labute approximate surface area is 118 Å². The summed E-state index contributed by atoms with van der Waals surface area (Å²) >= 11 is 0. The number of cyclic esters (lactones) is 1. The molecule has 0 aliphatic carbocycles. The van der Waals surface area contributed by atoms with Crippen molar-refractivity contribution < 1.29 is 9.53 Å². The Morgan fingerprint density at radius 2 is 1.50 bits per heavy atom. The highest BCUT2D eigenvalue weighted by atomic mass is 16.6. The second-order valence-electron chi connectivity index (χ2n) is 4.96. The van der Waals surface area contributed by atoms with Gasteiger partial charge in [-0.15, -0.1) is 0 Å². The Morgan fingerprint density at radius 3 is 2.10 bits per heavy atom. The standard InChI is InChI=1S/C18H16O2/c19-18-16(13-15-9-5-2-6-10-15)17(20-18)12-11-14-7-3-1-4-8-14/h1-10,12,16H,11,13H2/b17-12+. The highest BCUT2D eigenvalue weighted by Gasteiger charge is 2.36. The maximum Gasteiger partial charge on any atom is 0.322 e. The number of allylic oxidation sites excluding steroid dienone is 1. The number of carbonyl (C=O) groups is 1. The van der Waals surface area contributed by atoms with Gasteiger partial charge in [0, 0.05) is 0 Å². The van der Waals surface area contributed by atoms with Gasteiger partial charge in [0.15, 0.2) is 0 Å². The summed E-state index contributed by atoms with van der Waals surface area (Å²) in [5.74, 6) is 0.581. The topological polar surface area (TPSA) is 26.3 Å². The van der Waals surface area contributed by atoms with Gasteiger partial charge in [-0.2, -0.15) is 0 Å². The average Bonchev–Trinajstić information content (AvgIpc) is 2.51. The molecule has 0 N–H and O–H groups in total. The van der Waals surface area contributed by atoms with Gasteiger partial charge in [0.2, 0.25) is 0 Å². The SMILES string of the molecule is O=C1O/C(=C/Cc2ccccc2)C1Cc1ccccc1. The second kappa shape index (κ2) is 5.74. The van der Waals surface area contributed by atoms with Crippen molar-refractivity contribution >= 4 is 5.97 Å². The van der Waals surface area contributed by atoms with Crippen LogP contribution in [0.3, 0.4) is 0 Å². The van der Waals surface area contributed by atoms with E-state index in [1.54, 1.807) is 0 Å². The molecule has 0 amide bonds. The normalized spacial score (nSPS) is 19.5. The first-order valence-electron chi connectivity index (χ1n) is 6.82. The molecule has 0 aromatic heterocycles. The summed E-state index contributed by atoms with van der Waals surface area (Å²) in [6.07, 6.45) is 3.54. The molecule has 1 heterocycles. The van der Waals surface area contributed by atoms with E-state index in [1.165, 1.54) is 11.1 Å². The Hall–Kier alpha value is -2.35. The van der Waals surface area contributed by atoms with Crippen LogP contribution in [0, 0.1) is 5.92 Å². The zero-order valence-corrected chi connectivity index (χ0v) is 11.2. The van der Waals surface area contributed by atoms with Crippen molar-refractivity contribution in [3.8, 4) is 0 Å². The number of esters is 1. The first kappa shape index (κ1) is 12.7. The predicted octanol–water partition coefficient (Wildman–Crippen LogP) is 3.53. The van der Waals surface area contributed by atoms with Crippen LogP contribution in [0.15, 0.2) is 72.5 Å². The highest BCUT2D eigenvalue weighted by Crippen LogP contribution is 2.30. The lowest BCUT2D eigenvalue weighted by atomic mass is 9.92. The van der Waals surface area contributed by atoms with E-state index in [1.807, 2.05) is 54.6 Å². The van der Waals surface area contributed by atoms with E-state index in [2.05, 4.69) is 12.1 Å². The molecule has 2 nitrogen and oxygen atoms in total. The molecular weight excluding hydrogens is 248 g/mol. The molecule has 3 rings (SSSR count). The van der Waals surface area contributed by atoms with Crippen molar-refractivity contribution in [1.82, 2.24) is 0 Å². The molecular formula is C18H16O2. The van der Waals surface area contributed by atoms with Gasteiger partial charge in [0.25, 0.3) is 0 Å². The zero-order valence-electron chi connectivity index (χ0n) is 11.2. The predicted molar refractivity (Wildman–Crippen MR) is 78.0 cm³/mol. The fourth-order valence-corrected chi connectivity index (χ4v) is 2.37. The van der Waals surface area contributed by atoms with Crippen LogP contribution in [0.2, 0.25) is 0 Å². The van der Waals surface area contributed by atoms with Crippen LogP contribution in [0.5, 0.6) is 0 Å². The molecule has 2 heteroatoms. The molecule has 1 aliphatic heterocycles. The Balaban J connectivity index is 1.67. The van der Waals surface area contributed by atoms with Gasteiger partial charge < -0.3 is 4.74 Å². The molecule has 1 saturated heterocycles. The van der Waals surface area contributed by atoms with Gasteiger partial charge in [-0.05, 0) is 30.0 Å². The number of rotatable bonds is 4. The maximum atomic E-state index is 11.6. The van der Waals surface area contributed by atoms with E-state index >= 15 is 0 Å². The van der Waals surface area contributed by atoms with Crippen LogP contribution in [0.4, 0.5) is 0 Å². The van der Waals surface area contributed by atoms with Gasteiger partial charge in [-0.3, -0.25) is 4.79 Å². The molecule has 1 fully saturated rings. The lowest BCUT2D eigenvalue weighted by molar-refractivity contribution is -0.157. The summed E-state index contributed by atoms with van der Waals surface area (Å²) in [4.78, 5) is 11.6. The smallest absolute Gasteiger partial charge is 0.322 e.